The molecule has 0 aliphatic heterocycles. The van der Waals surface area contributed by atoms with E-state index in [2.05, 4.69) is 43.4 Å². The third-order valence-corrected chi connectivity index (χ3v) is 8.82. The van der Waals surface area contributed by atoms with Crippen molar-refractivity contribution in [1.82, 2.24) is 0 Å². The molecule has 1 saturated carbocycles. The van der Waals surface area contributed by atoms with Crippen LogP contribution in [-0.2, 0) is 4.79 Å². The highest BCUT2D eigenvalue weighted by molar-refractivity contribution is 14.1. The number of hydrogen-bond donors (Lipinski definition) is 0. The van der Waals surface area contributed by atoms with Crippen molar-refractivity contribution >= 4 is 28.6 Å². The Kier molecular flexibility index (Phi) is 16.1. The number of unbranched alkanes of at least 4 members (excludes halogenated alkanes) is 6. The molecule has 1 aromatic rings. The lowest BCUT2D eigenvalue weighted by atomic mass is 9.79. The van der Waals surface area contributed by atoms with Gasteiger partial charge in [-0.2, -0.15) is 0 Å². The second kappa shape index (κ2) is 18.5. The van der Waals surface area contributed by atoms with Crippen LogP contribution in [0.3, 0.4) is 0 Å². The van der Waals surface area contributed by atoms with Crippen molar-refractivity contribution in [3.05, 3.63) is 24.3 Å². The molecule has 2 atom stereocenters. The van der Waals surface area contributed by atoms with E-state index in [4.69, 9.17) is 9.47 Å². The molecule has 0 heterocycles. The van der Waals surface area contributed by atoms with Crippen molar-refractivity contribution < 1.29 is 14.3 Å². The minimum absolute atomic E-state index is 0.0526. The van der Waals surface area contributed by atoms with Gasteiger partial charge in [-0.15, -0.1) is 0 Å². The van der Waals surface area contributed by atoms with E-state index in [1.165, 1.54) is 83.5 Å². The first-order chi connectivity index (χ1) is 17.0. The molecule has 0 spiro atoms. The van der Waals surface area contributed by atoms with Crippen molar-refractivity contribution in [2.45, 2.75) is 130 Å². The third kappa shape index (κ3) is 12.8. The Labute approximate surface area is 229 Å². The molecule has 0 saturated heterocycles. The van der Waals surface area contributed by atoms with Gasteiger partial charge in [-0.3, -0.25) is 4.79 Å². The molecule has 0 amide bonds. The van der Waals surface area contributed by atoms with Crippen LogP contribution < -0.4 is 9.47 Å². The van der Waals surface area contributed by atoms with Gasteiger partial charge in [-0.25, -0.2) is 0 Å². The van der Waals surface area contributed by atoms with Gasteiger partial charge in [0.05, 0.1) is 5.92 Å². The second-order valence-corrected chi connectivity index (χ2v) is 11.7. The number of hydrogen-bond acceptors (Lipinski definition) is 3. The van der Waals surface area contributed by atoms with Crippen molar-refractivity contribution in [2.24, 2.45) is 17.8 Å². The fourth-order valence-corrected chi connectivity index (χ4v) is 5.74. The van der Waals surface area contributed by atoms with Crippen molar-refractivity contribution in [3.8, 4) is 11.5 Å². The van der Waals surface area contributed by atoms with Crippen LogP contribution in [0.5, 0.6) is 11.5 Å². The molecule has 1 unspecified atom stereocenters. The van der Waals surface area contributed by atoms with Gasteiger partial charge in [0.2, 0.25) is 0 Å². The molecule has 4 heteroatoms. The highest BCUT2D eigenvalue weighted by Crippen LogP contribution is 2.33. The Morgan fingerprint density at radius 1 is 0.886 bits per heavy atom. The molecule has 0 N–H and O–H groups in total. The van der Waals surface area contributed by atoms with E-state index in [0.717, 1.165) is 41.3 Å². The smallest absolute Gasteiger partial charge is 0.314 e. The molecule has 1 aliphatic rings. The minimum Gasteiger partial charge on any atom is -0.490 e. The summed E-state index contributed by atoms with van der Waals surface area (Å²) in [7, 11) is 0. The first-order valence-corrected chi connectivity index (χ1v) is 16.1. The monoisotopic (exact) mass is 598 g/mol. The first-order valence-electron chi connectivity index (χ1n) is 14.6. The van der Waals surface area contributed by atoms with Crippen LogP contribution in [0, 0.1) is 17.8 Å². The molecule has 0 bridgehead atoms. The highest BCUT2D eigenvalue weighted by atomic mass is 127. The number of benzene rings is 1. The second-order valence-electron chi connectivity index (χ2n) is 10.9. The standard InChI is InChI=1S/C31H51IO3/c1-4-6-7-12-15-30(24-32)34-28-20-22-29(23-21-28)35-31(33)27-18-16-26(17-19-27)14-11-9-8-10-13-25(3)5-2/h20-23,25-27,30H,4-19,24H2,1-3H3/t25?,26?,27?,30-/m1/s1. The van der Waals surface area contributed by atoms with Crippen LogP contribution >= 0.6 is 22.6 Å². The Morgan fingerprint density at radius 3 is 2.17 bits per heavy atom. The average Bonchev–Trinajstić information content (AvgIpc) is 2.89. The third-order valence-electron chi connectivity index (χ3n) is 7.83. The first kappa shape index (κ1) is 30.4. The number of carbonyl (C=O) groups is 1. The van der Waals surface area contributed by atoms with Crippen molar-refractivity contribution in [1.29, 1.82) is 0 Å². The van der Waals surface area contributed by atoms with Crippen molar-refractivity contribution in [2.75, 3.05) is 4.43 Å². The molecular formula is C31H51IO3. The number of carbonyl (C=O) groups excluding carboxylic acids is 1. The molecular weight excluding hydrogens is 547 g/mol. The molecule has 1 aliphatic carbocycles. The summed E-state index contributed by atoms with van der Waals surface area (Å²) in [5.41, 5.74) is 0. The van der Waals surface area contributed by atoms with E-state index in [0.29, 0.717) is 5.75 Å². The predicted octanol–water partition coefficient (Wildman–Crippen LogP) is 9.94. The van der Waals surface area contributed by atoms with E-state index in [9.17, 15) is 4.79 Å². The summed E-state index contributed by atoms with van der Waals surface area (Å²) < 4.78 is 12.9. The molecule has 2 rings (SSSR count). The highest BCUT2D eigenvalue weighted by Gasteiger charge is 2.27. The van der Waals surface area contributed by atoms with Crippen LogP contribution in [0.4, 0.5) is 0 Å². The maximum atomic E-state index is 12.7. The quantitative estimate of drug-likeness (QED) is 0.0555. The van der Waals surface area contributed by atoms with Gasteiger partial charge in [-0.1, -0.05) is 108 Å². The molecule has 200 valence electrons. The van der Waals surface area contributed by atoms with Gasteiger partial charge >= 0.3 is 5.97 Å². The molecule has 3 nitrogen and oxygen atoms in total. The summed E-state index contributed by atoms with van der Waals surface area (Å²) in [4.78, 5) is 12.7. The number of halogens is 1. The van der Waals surface area contributed by atoms with E-state index < -0.39 is 0 Å². The zero-order valence-electron chi connectivity index (χ0n) is 22.7. The Hall–Kier alpha value is -0.780. The Balaban J connectivity index is 1.62. The normalized spacial score (nSPS) is 19.8. The number of alkyl halides is 1. The predicted molar refractivity (Wildman–Crippen MR) is 157 cm³/mol. The van der Waals surface area contributed by atoms with Crippen LogP contribution in [0.25, 0.3) is 0 Å². The lowest BCUT2D eigenvalue weighted by Gasteiger charge is -2.27. The molecule has 35 heavy (non-hydrogen) atoms. The molecule has 0 radical (unpaired) electrons. The number of esters is 1. The van der Waals surface area contributed by atoms with Crippen molar-refractivity contribution in [3.63, 3.8) is 0 Å². The molecule has 0 aromatic heterocycles. The van der Waals surface area contributed by atoms with Gasteiger partial charge in [0.15, 0.2) is 0 Å². The van der Waals surface area contributed by atoms with Crippen LogP contribution in [0.1, 0.15) is 124 Å². The maximum Gasteiger partial charge on any atom is 0.314 e. The lowest BCUT2D eigenvalue weighted by molar-refractivity contribution is -0.140. The van der Waals surface area contributed by atoms with Gasteiger partial charge in [0.1, 0.15) is 17.6 Å². The van der Waals surface area contributed by atoms with E-state index in [1.54, 1.807) is 0 Å². The Morgan fingerprint density at radius 2 is 1.51 bits per heavy atom. The number of ether oxygens (including phenoxy) is 2. The summed E-state index contributed by atoms with van der Waals surface area (Å²) in [5.74, 6) is 3.19. The topological polar surface area (TPSA) is 35.5 Å². The maximum absolute atomic E-state index is 12.7. The van der Waals surface area contributed by atoms with Crippen LogP contribution in [-0.4, -0.2) is 16.5 Å². The largest absolute Gasteiger partial charge is 0.490 e. The van der Waals surface area contributed by atoms with E-state index in [1.807, 2.05) is 24.3 Å². The summed E-state index contributed by atoms with van der Waals surface area (Å²) in [6.45, 7) is 6.90. The van der Waals surface area contributed by atoms with Gasteiger partial charge < -0.3 is 9.47 Å². The van der Waals surface area contributed by atoms with Crippen LogP contribution in [0.15, 0.2) is 24.3 Å². The molecule has 1 aromatic carbocycles. The zero-order chi connectivity index (χ0) is 25.3. The molecule has 1 fully saturated rings. The van der Waals surface area contributed by atoms with Gasteiger partial charge in [-0.05, 0) is 74.6 Å². The summed E-state index contributed by atoms with van der Waals surface area (Å²) in [5, 5.41) is 0. The SMILES string of the molecule is CCCCCC[C@H](CI)Oc1ccc(OC(=O)C2CCC(CCCCCCC(C)CC)CC2)cc1. The van der Waals surface area contributed by atoms with Gasteiger partial charge in [0.25, 0.3) is 0 Å². The van der Waals surface area contributed by atoms with E-state index >= 15 is 0 Å². The minimum atomic E-state index is -0.0526. The Bertz CT molecular complexity index is 666. The van der Waals surface area contributed by atoms with Gasteiger partial charge in [0, 0.05) is 4.43 Å². The summed E-state index contributed by atoms with van der Waals surface area (Å²) in [6, 6.07) is 7.63. The van der Waals surface area contributed by atoms with Crippen LogP contribution in [0.2, 0.25) is 0 Å². The van der Waals surface area contributed by atoms with E-state index in [-0.39, 0.29) is 18.0 Å². The fraction of sp³-hybridized carbons (Fsp3) is 0.774. The summed E-state index contributed by atoms with van der Waals surface area (Å²) >= 11 is 2.41. The average molecular weight is 599 g/mol. The summed E-state index contributed by atoms with van der Waals surface area (Å²) in [6.07, 6.45) is 20.2. The zero-order valence-corrected chi connectivity index (χ0v) is 24.9. The number of rotatable bonds is 18. The lowest BCUT2D eigenvalue weighted by Crippen LogP contribution is -2.25. The fourth-order valence-electron chi connectivity index (χ4n) is 5.11.